The molecule has 1 N–H and O–H groups in total. The first-order valence-corrected chi connectivity index (χ1v) is 7.68. The number of nitrogens with zero attached hydrogens (tertiary/aromatic N) is 1. The molecule has 110 valence electrons. The van der Waals surface area contributed by atoms with Crippen molar-refractivity contribution in [2.45, 2.75) is 45.7 Å². The van der Waals surface area contributed by atoms with E-state index < -0.39 is 0 Å². The number of aryl methyl sites for hydroxylation is 1. The average molecular weight is 274 g/mol. The van der Waals surface area contributed by atoms with Crippen LogP contribution in [0.2, 0.25) is 0 Å². The zero-order chi connectivity index (χ0) is 14.5. The highest BCUT2D eigenvalue weighted by molar-refractivity contribution is 5.79. The van der Waals surface area contributed by atoms with Gasteiger partial charge in [-0.2, -0.15) is 0 Å². The van der Waals surface area contributed by atoms with Gasteiger partial charge in [-0.05, 0) is 37.4 Å². The Hall–Kier alpha value is -1.35. The standard InChI is InChI=1S/C17H26N2O/c1-4-14-5-7-15(8-6-14)12-19(16-9-10-16)17(20)13(2)11-18-3/h5-8,13,16,18H,4,9-12H2,1-3H3. The predicted octanol–water partition coefficient (Wildman–Crippen LogP) is 2.60. The molecule has 1 fully saturated rings. The van der Waals surface area contributed by atoms with E-state index in [-0.39, 0.29) is 11.8 Å². The molecule has 0 spiro atoms. The van der Waals surface area contributed by atoms with Gasteiger partial charge in [-0.15, -0.1) is 0 Å². The normalized spacial score (nSPS) is 15.9. The molecule has 0 saturated heterocycles. The van der Waals surface area contributed by atoms with Crippen molar-refractivity contribution < 1.29 is 4.79 Å². The minimum atomic E-state index is 0.0514. The van der Waals surface area contributed by atoms with Gasteiger partial charge in [-0.3, -0.25) is 4.79 Å². The van der Waals surface area contributed by atoms with E-state index >= 15 is 0 Å². The van der Waals surface area contributed by atoms with E-state index in [1.54, 1.807) is 0 Å². The van der Waals surface area contributed by atoms with Gasteiger partial charge in [0.25, 0.3) is 0 Å². The molecule has 2 rings (SSSR count). The molecule has 1 aliphatic carbocycles. The summed E-state index contributed by atoms with van der Waals surface area (Å²) in [5.41, 5.74) is 2.58. The third-order valence-electron chi connectivity index (χ3n) is 3.99. The molecule has 0 heterocycles. The van der Waals surface area contributed by atoms with Gasteiger partial charge in [0.15, 0.2) is 0 Å². The summed E-state index contributed by atoms with van der Waals surface area (Å²) in [6.07, 6.45) is 3.38. The number of carbonyl (C=O) groups excluding carboxylic acids is 1. The monoisotopic (exact) mass is 274 g/mol. The molecule has 1 aliphatic rings. The summed E-state index contributed by atoms with van der Waals surface area (Å²) in [4.78, 5) is 14.6. The van der Waals surface area contributed by atoms with Crippen molar-refractivity contribution in [1.29, 1.82) is 0 Å². The van der Waals surface area contributed by atoms with Crippen molar-refractivity contribution in [2.75, 3.05) is 13.6 Å². The minimum absolute atomic E-state index is 0.0514. The number of nitrogens with one attached hydrogen (secondary N) is 1. The first-order valence-electron chi connectivity index (χ1n) is 7.68. The predicted molar refractivity (Wildman–Crippen MR) is 82.5 cm³/mol. The van der Waals surface area contributed by atoms with Crippen molar-refractivity contribution in [3.63, 3.8) is 0 Å². The second kappa shape index (κ2) is 6.89. The van der Waals surface area contributed by atoms with Crippen molar-refractivity contribution in [3.05, 3.63) is 35.4 Å². The lowest BCUT2D eigenvalue weighted by Gasteiger charge is -2.26. The van der Waals surface area contributed by atoms with Crippen molar-refractivity contribution in [2.24, 2.45) is 5.92 Å². The molecule has 0 aromatic heterocycles. The first-order chi connectivity index (χ1) is 9.65. The van der Waals surface area contributed by atoms with E-state index in [9.17, 15) is 4.79 Å². The van der Waals surface area contributed by atoms with E-state index in [0.717, 1.165) is 32.4 Å². The molecule has 0 aliphatic heterocycles. The molecule has 1 aromatic rings. The summed E-state index contributed by atoms with van der Waals surface area (Å²) in [7, 11) is 1.90. The zero-order valence-corrected chi connectivity index (χ0v) is 12.9. The lowest BCUT2D eigenvalue weighted by molar-refractivity contribution is -0.136. The van der Waals surface area contributed by atoms with Crippen LogP contribution in [0.15, 0.2) is 24.3 Å². The largest absolute Gasteiger partial charge is 0.335 e. The maximum Gasteiger partial charge on any atom is 0.227 e. The van der Waals surface area contributed by atoms with Gasteiger partial charge in [0.1, 0.15) is 0 Å². The maximum absolute atomic E-state index is 12.5. The summed E-state index contributed by atoms with van der Waals surface area (Å²) in [6.45, 7) is 5.67. The lowest BCUT2D eigenvalue weighted by Crippen LogP contribution is -2.39. The molecule has 20 heavy (non-hydrogen) atoms. The van der Waals surface area contributed by atoms with Crippen LogP contribution in [0.25, 0.3) is 0 Å². The number of hydrogen-bond acceptors (Lipinski definition) is 2. The molecule has 0 radical (unpaired) electrons. The highest BCUT2D eigenvalue weighted by Crippen LogP contribution is 2.29. The van der Waals surface area contributed by atoms with Crippen LogP contribution in [0.1, 0.15) is 37.8 Å². The van der Waals surface area contributed by atoms with Crippen LogP contribution in [0, 0.1) is 5.92 Å². The SMILES string of the molecule is CCc1ccc(CN(C(=O)C(C)CNC)C2CC2)cc1. The number of carbonyl (C=O) groups is 1. The lowest BCUT2D eigenvalue weighted by atomic mass is 10.1. The Balaban J connectivity index is 2.03. The molecule has 1 atom stereocenters. The van der Waals surface area contributed by atoms with Crippen LogP contribution < -0.4 is 5.32 Å². The smallest absolute Gasteiger partial charge is 0.227 e. The van der Waals surface area contributed by atoms with E-state index in [1.165, 1.54) is 11.1 Å². The summed E-state index contributed by atoms with van der Waals surface area (Å²) >= 11 is 0. The Labute approximate surface area is 122 Å². The highest BCUT2D eigenvalue weighted by Gasteiger charge is 2.34. The van der Waals surface area contributed by atoms with Gasteiger partial charge >= 0.3 is 0 Å². The first kappa shape index (κ1) is 15.0. The number of hydrogen-bond donors (Lipinski definition) is 1. The zero-order valence-electron chi connectivity index (χ0n) is 12.9. The van der Waals surface area contributed by atoms with Crippen molar-refractivity contribution in [1.82, 2.24) is 10.2 Å². The van der Waals surface area contributed by atoms with Crippen LogP contribution in [0.3, 0.4) is 0 Å². The quantitative estimate of drug-likeness (QED) is 0.829. The molecule has 1 amide bonds. The van der Waals surface area contributed by atoms with E-state index in [2.05, 4.69) is 41.4 Å². The van der Waals surface area contributed by atoms with Gasteiger partial charge < -0.3 is 10.2 Å². The molecular weight excluding hydrogens is 248 g/mol. The fourth-order valence-electron chi connectivity index (χ4n) is 2.53. The number of rotatable bonds is 7. The Bertz CT molecular complexity index is 437. The molecule has 0 bridgehead atoms. The second-order valence-corrected chi connectivity index (χ2v) is 5.83. The van der Waals surface area contributed by atoms with Gasteiger partial charge in [0.2, 0.25) is 5.91 Å². The minimum Gasteiger partial charge on any atom is -0.335 e. The van der Waals surface area contributed by atoms with Crippen LogP contribution in [0.5, 0.6) is 0 Å². The third kappa shape index (κ3) is 3.83. The average Bonchev–Trinajstić information content (AvgIpc) is 3.29. The van der Waals surface area contributed by atoms with Crippen LogP contribution >= 0.6 is 0 Å². The Morgan fingerprint density at radius 2 is 1.90 bits per heavy atom. The molecular formula is C17H26N2O. The maximum atomic E-state index is 12.5. The molecule has 1 aromatic carbocycles. The number of amides is 1. The Kier molecular flexibility index (Phi) is 5.18. The highest BCUT2D eigenvalue weighted by atomic mass is 16.2. The molecule has 1 unspecified atom stereocenters. The van der Waals surface area contributed by atoms with E-state index in [4.69, 9.17) is 0 Å². The summed E-state index contributed by atoms with van der Waals surface area (Å²) in [6, 6.07) is 9.12. The van der Waals surface area contributed by atoms with E-state index in [1.807, 2.05) is 14.0 Å². The number of benzene rings is 1. The molecule has 1 saturated carbocycles. The van der Waals surface area contributed by atoms with E-state index in [0.29, 0.717) is 6.04 Å². The Morgan fingerprint density at radius 1 is 1.30 bits per heavy atom. The Morgan fingerprint density at radius 3 is 2.40 bits per heavy atom. The third-order valence-corrected chi connectivity index (χ3v) is 3.99. The summed E-state index contributed by atoms with van der Waals surface area (Å²) in [5.74, 6) is 0.330. The van der Waals surface area contributed by atoms with Gasteiger partial charge in [-0.25, -0.2) is 0 Å². The van der Waals surface area contributed by atoms with Crippen LogP contribution in [0.4, 0.5) is 0 Å². The van der Waals surface area contributed by atoms with Gasteiger partial charge in [0.05, 0.1) is 0 Å². The van der Waals surface area contributed by atoms with Crippen molar-refractivity contribution in [3.8, 4) is 0 Å². The van der Waals surface area contributed by atoms with Gasteiger partial charge in [-0.1, -0.05) is 38.1 Å². The van der Waals surface area contributed by atoms with Gasteiger partial charge in [0, 0.05) is 25.0 Å². The van der Waals surface area contributed by atoms with Crippen LogP contribution in [-0.2, 0) is 17.8 Å². The molecule has 3 heteroatoms. The van der Waals surface area contributed by atoms with Crippen molar-refractivity contribution >= 4 is 5.91 Å². The molecule has 3 nitrogen and oxygen atoms in total. The second-order valence-electron chi connectivity index (χ2n) is 5.83. The summed E-state index contributed by atoms with van der Waals surface area (Å²) in [5, 5.41) is 3.09. The topological polar surface area (TPSA) is 32.3 Å². The van der Waals surface area contributed by atoms with Crippen LogP contribution in [-0.4, -0.2) is 30.4 Å². The fourth-order valence-corrected chi connectivity index (χ4v) is 2.53. The fraction of sp³-hybridized carbons (Fsp3) is 0.588. The summed E-state index contributed by atoms with van der Waals surface area (Å²) < 4.78 is 0.